The summed E-state index contributed by atoms with van der Waals surface area (Å²) in [4.78, 5) is 7.35. The van der Waals surface area contributed by atoms with Crippen LogP contribution in [0.2, 0.25) is 0 Å². The highest BCUT2D eigenvalue weighted by Gasteiger charge is 2.31. The molecule has 2 aliphatic rings. The second-order valence-corrected chi connectivity index (χ2v) is 4.69. The molecule has 0 bridgehead atoms. The van der Waals surface area contributed by atoms with E-state index in [0.29, 0.717) is 0 Å². The van der Waals surface area contributed by atoms with Crippen molar-refractivity contribution in [2.45, 2.75) is 19.1 Å². The fraction of sp³-hybridized carbons (Fsp3) is 1.00. The predicted molar refractivity (Wildman–Crippen MR) is 58.1 cm³/mol. The first kappa shape index (κ1) is 10.4. The zero-order valence-corrected chi connectivity index (χ0v) is 9.32. The minimum absolute atomic E-state index is 0.223. The summed E-state index contributed by atoms with van der Waals surface area (Å²) >= 11 is 0. The van der Waals surface area contributed by atoms with Crippen LogP contribution in [0.25, 0.3) is 0 Å². The van der Waals surface area contributed by atoms with E-state index >= 15 is 0 Å². The molecule has 2 fully saturated rings. The van der Waals surface area contributed by atoms with E-state index in [4.69, 9.17) is 5.73 Å². The van der Waals surface area contributed by atoms with Crippen molar-refractivity contribution in [2.75, 3.05) is 46.3 Å². The first-order valence-electron chi connectivity index (χ1n) is 5.59. The molecule has 0 aromatic rings. The SMILES string of the molecule is CC(N)N1CCN(C2CN(C)C2)CC1. The summed E-state index contributed by atoms with van der Waals surface area (Å²) in [5, 5.41) is 0. The Morgan fingerprint density at radius 2 is 1.71 bits per heavy atom. The van der Waals surface area contributed by atoms with Crippen molar-refractivity contribution in [1.82, 2.24) is 14.7 Å². The largest absolute Gasteiger partial charge is 0.316 e. The van der Waals surface area contributed by atoms with E-state index in [9.17, 15) is 0 Å². The number of hydrogen-bond donors (Lipinski definition) is 1. The van der Waals surface area contributed by atoms with Gasteiger partial charge in [-0.1, -0.05) is 0 Å². The van der Waals surface area contributed by atoms with Crippen LogP contribution in [0.5, 0.6) is 0 Å². The van der Waals surface area contributed by atoms with Crippen LogP contribution in [0.3, 0.4) is 0 Å². The lowest BCUT2D eigenvalue weighted by molar-refractivity contribution is 0.00987. The third kappa shape index (κ3) is 2.08. The molecule has 0 spiro atoms. The maximum atomic E-state index is 5.86. The van der Waals surface area contributed by atoms with Gasteiger partial charge in [0.05, 0.1) is 6.17 Å². The van der Waals surface area contributed by atoms with Crippen molar-refractivity contribution in [3.8, 4) is 0 Å². The van der Waals surface area contributed by atoms with Gasteiger partial charge in [-0.25, -0.2) is 0 Å². The standard InChI is InChI=1S/C10H22N4/c1-9(11)13-3-5-14(6-4-13)10-7-12(2)8-10/h9-10H,3-8,11H2,1-2H3. The van der Waals surface area contributed by atoms with Crippen LogP contribution in [-0.4, -0.2) is 73.2 Å². The molecule has 2 heterocycles. The van der Waals surface area contributed by atoms with Gasteiger partial charge >= 0.3 is 0 Å². The minimum Gasteiger partial charge on any atom is -0.316 e. The molecule has 0 radical (unpaired) electrons. The first-order valence-corrected chi connectivity index (χ1v) is 5.59. The molecule has 2 saturated heterocycles. The zero-order chi connectivity index (χ0) is 10.1. The average Bonchev–Trinajstić information content (AvgIpc) is 2.13. The van der Waals surface area contributed by atoms with E-state index in [0.717, 1.165) is 19.1 Å². The maximum absolute atomic E-state index is 5.86. The molecule has 14 heavy (non-hydrogen) atoms. The summed E-state index contributed by atoms with van der Waals surface area (Å²) in [5.74, 6) is 0. The van der Waals surface area contributed by atoms with E-state index in [1.165, 1.54) is 26.2 Å². The smallest absolute Gasteiger partial charge is 0.0543 e. The van der Waals surface area contributed by atoms with Gasteiger partial charge in [-0.05, 0) is 14.0 Å². The molecule has 2 aliphatic heterocycles. The van der Waals surface area contributed by atoms with Crippen LogP contribution < -0.4 is 5.73 Å². The molecule has 0 aliphatic carbocycles. The second-order valence-electron chi connectivity index (χ2n) is 4.69. The highest BCUT2D eigenvalue weighted by Crippen LogP contribution is 2.15. The van der Waals surface area contributed by atoms with Crippen LogP contribution >= 0.6 is 0 Å². The first-order chi connectivity index (χ1) is 6.66. The number of nitrogens with zero attached hydrogens (tertiary/aromatic N) is 3. The lowest BCUT2D eigenvalue weighted by Gasteiger charge is -2.47. The van der Waals surface area contributed by atoms with Gasteiger partial charge in [0.2, 0.25) is 0 Å². The van der Waals surface area contributed by atoms with E-state index in [1.54, 1.807) is 0 Å². The lowest BCUT2D eigenvalue weighted by Crippen LogP contribution is -2.63. The van der Waals surface area contributed by atoms with Gasteiger partial charge in [0.1, 0.15) is 0 Å². The van der Waals surface area contributed by atoms with E-state index < -0.39 is 0 Å². The number of piperazine rings is 1. The molecule has 0 aromatic heterocycles. The van der Waals surface area contributed by atoms with E-state index in [-0.39, 0.29) is 6.17 Å². The summed E-state index contributed by atoms with van der Waals surface area (Å²) in [5.41, 5.74) is 5.86. The lowest BCUT2D eigenvalue weighted by atomic mass is 10.1. The Balaban J connectivity index is 1.73. The second kappa shape index (κ2) is 4.14. The Hall–Kier alpha value is -0.160. The minimum atomic E-state index is 0.223. The van der Waals surface area contributed by atoms with Crippen molar-refractivity contribution in [1.29, 1.82) is 0 Å². The molecule has 4 nitrogen and oxygen atoms in total. The van der Waals surface area contributed by atoms with Crippen LogP contribution in [0, 0.1) is 0 Å². The Morgan fingerprint density at radius 3 is 2.14 bits per heavy atom. The number of rotatable bonds is 2. The Bertz CT molecular complexity index is 181. The monoisotopic (exact) mass is 198 g/mol. The quantitative estimate of drug-likeness (QED) is 0.631. The van der Waals surface area contributed by atoms with Gasteiger partial charge in [-0.15, -0.1) is 0 Å². The van der Waals surface area contributed by atoms with Gasteiger partial charge in [0, 0.05) is 45.3 Å². The zero-order valence-electron chi connectivity index (χ0n) is 9.32. The highest BCUT2D eigenvalue weighted by atomic mass is 15.4. The topological polar surface area (TPSA) is 35.7 Å². The van der Waals surface area contributed by atoms with Gasteiger partial charge in [-0.2, -0.15) is 0 Å². The van der Waals surface area contributed by atoms with Crippen molar-refractivity contribution in [2.24, 2.45) is 5.73 Å². The number of nitrogens with two attached hydrogens (primary N) is 1. The molecule has 1 unspecified atom stereocenters. The number of likely N-dealkylation sites (tertiary alicyclic amines) is 1. The predicted octanol–water partition coefficient (Wildman–Crippen LogP) is -0.777. The Kier molecular flexibility index (Phi) is 3.07. The summed E-state index contributed by atoms with van der Waals surface area (Å²) in [6.07, 6.45) is 0.223. The molecule has 0 aromatic carbocycles. The van der Waals surface area contributed by atoms with Crippen molar-refractivity contribution in [3.63, 3.8) is 0 Å². The molecule has 0 amide bonds. The molecule has 2 rings (SSSR count). The van der Waals surface area contributed by atoms with Gasteiger partial charge in [0.25, 0.3) is 0 Å². The van der Waals surface area contributed by atoms with Crippen molar-refractivity contribution < 1.29 is 0 Å². The molecule has 0 saturated carbocycles. The molecular formula is C10H22N4. The summed E-state index contributed by atoms with van der Waals surface area (Å²) < 4.78 is 0. The van der Waals surface area contributed by atoms with Gasteiger partial charge in [-0.3, -0.25) is 9.80 Å². The summed E-state index contributed by atoms with van der Waals surface area (Å²) in [7, 11) is 2.19. The fourth-order valence-corrected chi connectivity index (χ4v) is 2.41. The third-order valence-electron chi connectivity index (χ3n) is 3.49. The third-order valence-corrected chi connectivity index (χ3v) is 3.49. The fourth-order valence-electron chi connectivity index (χ4n) is 2.41. The number of hydrogen-bond acceptors (Lipinski definition) is 4. The van der Waals surface area contributed by atoms with Crippen LogP contribution in [0.1, 0.15) is 6.92 Å². The van der Waals surface area contributed by atoms with Crippen LogP contribution in [-0.2, 0) is 0 Å². The highest BCUT2D eigenvalue weighted by molar-refractivity contribution is 4.88. The van der Waals surface area contributed by atoms with Gasteiger partial charge < -0.3 is 10.6 Å². The Labute approximate surface area is 86.6 Å². The molecular weight excluding hydrogens is 176 g/mol. The van der Waals surface area contributed by atoms with Gasteiger partial charge in [0.15, 0.2) is 0 Å². The molecule has 1 atom stereocenters. The van der Waals surface area contributed by atoms with Crippen LogP contribution in [0.15, 0.2) is 0 Å². The average molecular weight is 198 g/mol. The van der Waals surface area contributed by atoms with Crippen molar-refractivity contribution in [3.05, 3.63) is 0 Å². The molecule has 2 N–H and O–H groups in total. The maximum Gasteiger partial charge on any atom is 0.0543 e. The number of likely N-dealkylation sites (N-methyl/N-ethyl adjacent to an activating group) is 1. The van der Waals surface area contributed by atoms with E-state index in [1.807, 2.05) is 0 Å². The van der Waals surface area contributed by atoms with Crippen LogP contribution in [0.4, 0.5) is 0 Å². The Morgan fingerprint density at radius 1 is 1.14 bits per heavy atom. The van der Waals surface area contributed by atoms with Crippen molar-refractivity contribution >= 4 is 0 Å². The molecule has 82 valence electrons. The summed E-state index contributed by atoms with van der Waals surface area (Å²) in [6.45, 7) is 9.24. The van der Waals surface area contributed by atoms with E-state index in [2.05, 4.69) is 28.7 Å². The normalized spacial score (nSPS) is 30.2. The molecule has 4 heteroatoms. The summed E-state index contributed by atoms with van der Waals surface area (Å²) in [6, 6.07) is 0.815.